The van der Waals surface area contributed by atoms with Crippen molar-refractivity contribution in [1.82, 2.24) is 0 Å². The van der Waals surface area contributed by atoms with E-state index in [1.165, 1.54) is 42.5 Å². The van der Waals surface area contributed by atoms with Crippen molar-refractivity contribution in [3.8, 4) is 0 Å². The highest BCUT2D eigenvalue weighted by Crippen LogP contribution is 2.32. The first-order valence-corrected chi connectivity index (χ1v) is 8.95. The van der Waals surface area contributed by atoms with Gasteiger partial charge in [-0.2, -0.15) is 0 Å². The van der Waals surface area contributed by atoms with Crippen molar-refractivity contribution in [2.24, 2.45) is 5.73 Å². The van der Waals surface area contributed by atoms with E-state index in [9.17, 15) is 0 Å². The Morgan fingerprint density at radius 1 is 1.10 bits per heavy atom. The fourth-order valence-corrected chi connectivity index (χ4v) is 4.37. The van der Waals surface area contributed by atoms with Crippen LogP contribution in [-0.4, -0.2) is 0 Å². The molecule has 0 saturated carbocycles. The summed E-state index contributed by atoms with van der Waals surface area (Å²) in [7, 11) is 0. The van der Waals surface area contributed by atoms with Crippen LogP contribution in [0.5, 0.6) is 0 Å². The Kier molecular flexibility index (Phi) is 4.59. The van der Waals surface area contributed by atoms with E-state index in [0.717, 1.165) is 10.9 Å². The standard InChI is InChI=1S/C17H20BrNS/c18-14-8-6-12(7-9-14)10-15(19)17-11-13-4-2-1-3-5-16(13)20-17/h6-9,11,15H,1-5,10,19H2. The van der Waals surface area contributed by atoms with Gasteiger partial charge < -0.3 is 5.73 Å². The van der Waals surface area contributed by atoms with E-state index < -0.39 is 0 Å². The summed E-state index contributed by atoms with van der Waals surface area (Å²) in [6.07, 6.45) is 7.48. The van der Waals surface area contributed by atoms with Crippen LogP contribution in [0.1, 0.15) is 46.2 Å². The number of fused-ring (bicyclic) bond motifs is 1. The Morgan fingerprint density at radius 3 is 2.65 bits per heavy atom. The van der Waals surface area contributed by atoms with Gasteiger partial charge in [0, 0.05) is 20.3 Å². The highest BCUT2D eigenvalue weighted by atomic mass is 79.9. The molecule has 1 aliphatic carbocycles. The van der Waals surface area contributed by atoms with Crippen molar-refractivity contribution < 1.29 is 0 Å². The first-order valence-electron chi connectivity index (χ1n) is 7.34. The maximum atomic E-state index is 6.41. The molecule has 1 nitrogen and oxygen atoms in total. The molecule has 3 heteroatoms. The molecule has 106 valence electrons. The number of hydrogen-bond donors (Lipinski definition) is 1. The average molecular weight is 350 g/mol. The van der Waals surface area contributed by atoms with Gasteiger partial charge in [-0.3, -0.25) is 0 Å². The van der Waals surface area contributed by atoms with Crippen LogP contribution in [0.2, 0.25) is 0 Å². The Hall–Kier alpha value is -0.640. The molecule has 1 aromatic carbocycles. The second-order valence-electron chi connectivity index (χ2n) is 5.59. The molecule has 3 rings (SSSR count). The lowest BCUT2D eigenvalue weighted by Gasteiger charge is -2.09. The van der Waals surface area contributed by atoms with Gasteiger partial charge in [0.15, 0.2) is 0 Å². The fraction of sp³-hybridized carbons (Fsp3) is 0.412. The molecule has 0 amide bonds. The van der Waals surface area contributed by atoms with Crippen LogP contribution < -0.4 is 5.73 Å². The van der Waals surface area contributed by atoms with Gasteiger partial charge in [-0.25, -0.2) is 0 Å². The molecule has 1 aliphatic rings. The molecule has 1 heterocycles. The van der Waals surface area contributed by atoms with Crippen LogP contribution in [0.4, 0.5) is 0 Å². The van der Waals surface area contributed by atoms with Gasteiger partial charge in [0.05, 0.1) is 0 Å². The summed E-state index contributed by atoms with van der Waals surface area (Å²) in [6.45, 7) is 0. The highest BCUT2D eigenvalue weighted by Gasteiger charge is 2.16. The number of aryl methyl sites for hydroxylation is 2. The third-order valence-electron chi connectivity index (χ3n) is 4.00. The van der Waals surface area contributed by atoms with Crippen LogP contribution in [0.25, 0.3) is 0 Å². The molecule has 1 atom stereocenters. The lowest BCUT2D eigenvalue weighted by Crippen LogP contribution is -2.11. The molecule has 20 heavy (non-hydrogen) atoms. The normalized spacial score (nSPS) is 16.5. The molecule has 0 spiro atoms. The SMILES string of the molecule is NC(Cc1ccc(Br)cc1)c1cc2c(s1)CCCCC2. The first-order chi connectivity index (χ1) is 9.72. The minimum atomic E-state index is 0.133. The lowest BCUT2D eigenvalue weighted by atomic mass is 10.0. The van der Waals surface area contributed by atoms with E-state index >= 15 is 0 Å². The Bertz CT molecular complexity index is 550. The zero-order chi connectivity index (χ0) is 13.9. The second kappa shape index (κ2) is 6.42. The summed E-state index contributed by atoms with van der Waals surface area (Å²) in [6, 6.07) is 11.0. The third kappa shape index (κ3) is 3.33. The van der Waals surface area contributed by atoms with Crippen molar-refractivity contribution in [3.05, 3.63) is 55.7 Å². The van der Waals surface area contributed by atoms with Gasteiger partial charge in [0.1, 0.15) is 0 Å². The molecule has 2 aromatic rings. The van der Waals surface area contributed by atoms with Crippen LogP contribution in [0.3, 0.4) is 0 Å². The predicted octanol–water partition coefficient (Wildman–Crippen LogP) is 5.02. The van der Waals surface area contributed by atoms with Crippen molar-refractivity contribution in [2.75, 3.05) is 0 Å². The Labute approximate surface area is 133 Å². The van der Waals surface area contributed by atoms with Gasteiger partial charge in [0.25, 0.3) is 0 Å². The second-order valence-corrected chi connectivity index (χ2v) is 7.68. The van der Waals surface area contributed by atoms with E-state index in [4.69, 9.17) is 5.73 Å². The Morgan fingerprint density at radius 2 is 1.85 bits per heavy atom. The molecule has 0 aliphatic heterocycles. The molecule has 2 N–H and O–H groups in total. The third-order valence-corrected chi connectivity index (χ3v) is 5.90. The van der Waals surface area contributed by atoms with Crippen LogP contribution in [-0.2, 0) is 19.3 Å². The van der Waals surface area contributed by atoms with E-state index in [1.807, 2.05) is 11.3 Å². The zero-order valence-corrected chi connectivity index (χ0v) is 14.0. The van der Waals surface area contributed by atoms with E-state index in [-0.39, 0.29) is 6.04 Å². The van der Waals surface area contributed by atoms with Crippen LogP contribution in [0, 0.1) is 0 Å². The largest absolute Gasteiger partial charge is 0.323 e. The molecular weight excluding hydrogens is 330 g/mol. The minimum Gasteiger partial charge on any atom is -0.323 e. The van der Waals surface area contributed by atoms with Crippen molar-refractivity contribution >= 4 is 27.3 Å². The van der Waals surface area contributed by atoms with Gasteiger partial charge in [-0.15, -0.1) is 11.3 Å². The lowest BCUT2D eigenvalue weighted by molar-refractivity contribution is 0.709. The number of halogens is 1. The summed E-state index contributed by atoms with van der Waals surface area (Å²) in [5.74, 6) is 0. The Balaban J connectivity index is 1.73. The van der Waals surface area contributed by atoms with Crippen molar-refractivity contribution in [3.63, 3.8) is 0 Å². The van der Waals surface area contributed by atoms with E-state index in [1.54, 1.807) is 10.4 Å². The molecule has 1 aromatic heterocycles. The van der Waals surface area contributed by atoms with Gasteiger partial charge in [-0.05, 0) is 61.4 Å². The minimum absolute atomic E-state index is 0.133. The van der Waals surface area contributed by atoms with Gasteiger partial charge >= 0.3 is 0 Å². The molecule has 0 radical (unpaired) electrons. The fourth-order valence-electron chi connectivity index (χ4n) is 2.85. The maximum absolute atomic E-state index is 6.41. The molecule has 0 fully saturated rings. The van der Waals surface area contributed by atoms with Crippen molar-refractivity contribution in [1.29, 1.82) is 0 Å². The zero-order valence-electron chi connectivity index (χ0n) is 11.6. The summed E-state index contributed by atoms with van der Waals surface area (Å²) < 4.78 is 1.12. The van der Waals surface area contributed by atoms with Crippen molar-refractivity contribution in [2.45, 2.75) is 44.6 Å². The van der Waals surface area contributed by atoms with E-state index in [2.05, 4.69) is 46.3 Å². The first kappa shape index (κ1) is 14.3. The molecule has 0 saturated heterocycles. The van der Waals surface area contributed by atoms with Crippen LogP contribution >= 0.6 is 27.3 Å². The average Bonchev–Trinajstić information content (AvgIpc) is 2.73. The molecule has 1 unspecified atom stereocenters. The highest BCUT2D eigenvalue weighted by molar-refractivity contribution is 9.10. The summed E-state index contributed by atoms with van der Waals surface area (Å²) in [5, 5.41) is 0. The summed E-state index contributed by atoms with van der Waals surface area (Å²) in [5.41, 5.74) is 9.29. The topological polar surface area (TPSA) is 26.0 Å². The van der Waals surface area contributed by atoms with Crippen LogP contribution in [0.15, 0.2) is 34.8 Å². The predicted molar refractivity (Wildman–Crippen MR) is 90.4 cm³/mol. The maximum Gasteiger partial charge on any atom is 0.0430 e. The number of thiophene rings is 1. The number of hydrogen-bond acceptors (Lipinski definition) is 2. The van der Waals surface area contributed by atoms with Gasteiger partial charge in [0.2, 0.25) is 0 Å². The van der Waals surface area contributed by atoms with Gasteiger partial charge in [-0.1, -0.05) is 34.5 Å². The van der Waals surface area contributed by atoms with E-state index in [0.29, 0.717) is 0 Å². The summed E-state index contributed by atoms with van der Waals surface area (Å²) >= 11 is 5.42. The molecular formula is C17H20BrNS. The molecule has 0 bridgehead atoms. The number of benzene rings is 1. The smallest absolute Gasteiger partial charge is 0.0430 e. The monoisotopic (exact) mass is 349 g/mol. The number of rotatable bonds is 3. The quantitative estimate of drug-likeness (QED) is 0.773. The summed E-state index contributed by atoms with van der Waals surface area (Å²) in [4.78, 5) is 2.95. The number of nitrogens with two attached hydrogens (primary N) is 1.